The minimum Gasteiger partial charge on any atom is -0.383 e. The van der Waals surface area contributed by atoms with Gasteiger partial charge in [0.05, 0.1) is 12.6 Å². The Bertz CT molecular complexity index is 260. The van der Waals surface area contributed by atoms with Gasteiger partial charge in [-0.25, -0.2) is 0 Å². The molecule has 1 saturated carbocycles. The van der Waals surface area contributed by atoms with E-state index in [1.807, 2.05) is 6.92 Å². The van der Waals surface area contributed by atoms with Crippen molar-refractivity contribution in [2.75, 3.05) is 33.4 Å². The van der Waals surface area contributed by atoms with E-state index >= 15 is 0 Å². The summed E-state index contributed by atoms with van der Waals surface area (Å²) in [6.07, 6.45) is 6.93. The predicted octanol–water partition coefficient (Wildman–Crippen LogP) is 1.12. The molecule has 5 nitrogen and oxygen atoms in total. The van der Waals surface area contributed by atoms with Crippen LogP contribution in [0.2, 0.25) is 0 Å². The van der Waals surface area contributed by atoms with Gasteiger partial charge < -0.3 is 15.8 Å². The van der Waals surface area contributed by atoms with Crippen molar-refractivity contribution in [2.45, 2.75) is 57.5 Å². The smallest absolute Gasteiger partial charge is 0.237 e. The van der Waals surface area contributed by atoms with Crippen LogP contribution in [0.1, 0.15) is 45.4 Å². The molecule has 0 saturated heterocycles. The number of carbonyl (C=O) groups is 1. The summed E-state index contributed by atoms with van der Waals surface area (Å²) in [5, 5.41) is 3.20. The zero-order valence-corrected chi connectivity index (χ0v) is 13.1. The maximum Gasteiger partial charge on any atom is 0.237 e. The van der Waals surface area contributed by atoms with Gasteiger partial charge in [0, 0.05) is 26.2 Å². The van der Waals surface area contributed by atoms with Crippen LogP contribution in [0.5, 0.6) is 0 Å². The fourth-order valence-electron chi connectivity index (χ4n) is 2.74. The van der Waals surface area contributed by atoms with Gasteiger partial charge in [0.1, 0.15) is 0 Å². The standard InChI is InChI=1S/C15H31N3O2/c1-13(18(10-6-9-16)11-12-20-2)15(19)17-14-7-4-3-5-8-14/h13-14H,3-12,16H2,1-2H3,(H,17,19). The Morgan fingerprint density at radius 2 is 2.05 bits per heavy atom. The summed E-state index contributed by atoms with van der Waals surface area (Å²) in [7, 11) is 1.69. The summed E-state index contributed by atoms with van der Waals surface area (Å²) >= 11 is 0. The summed E-state index contributed by atoms with van der Waals surface area (Å²) in [6, 6.07) is 0.260. The maximum atomic E-state index is 12.4. The van der Waals surface area contributed by atoms with E-state index in [1.54, 1.807) is 7.11 Å². The molecule has 0 aliphatic heterocycles. The Morgan fingerprint density at radius 1 is 1.35 bits per heavy atom. The van der Waals surface area contributed by atoms with E-state index in [1.165, 1.54) is 19.3 Å². The maximum absolute atomic E-state index is 12.4. The third-order valence-electron chi connectivity index (χ3n) is 4.11. The summed E-state index contributed by atoms with van der Waals surface area (Å²) in [5.74, 6) is 0.144. The molecule has 1 aliphatic rings. The van der Waals surface area contributed by atoms with Gasteiger partial charge >= 0.3 is 0 Å². The van der Waals surface area contributed by atoms with Crippen LogP contribution in [0, 0.1) is 0 Å². The Morgan fingerprint density at radius 3 is 2.65 bits per heavy atom. The Balaban J connectivity index is 2.43. The van der Waals surface area contributed by atoms with Crippen molar-refractivity contribution in [2.24, 2.45) is 5.73 Å². The molecule has 0 aromatic rings. The third-order valence-corrected chi connectivity index (χ3v) is 4.11. The van der Waals surface area contributed by atoms with Crippen molar-refractivity contribution < 1.29 is 9.53 Å². The number of amides is 1. The molecule has 3 N–H and O–H groups in total. The zero-order chi connectivity index (χ0) is 14.8. The van der Waals surface area contributed by atoms with Crippen molar-refractivity contribution in [3.8, 4) is 0 Å². The van der Waals surface area contributed by atoms with Crippen LogP contribution in [-0.4, -0.2) is 56.2 Å². The number of ether oxygens (including phenoxy) is 1. The molecule has 0 bridgehead atoms. The average Bonchev–Trinajstić information content (AvgIpc) is 2.48. The van der Waals surface area contributed by atoms with Crippen molar-refractivity contribution in [1.29, 1.82) is 0 Å². The lowest BCUT2D eigenvalue weighted by Crippen LogP contribution is -2.50. The van der Waals surface area contributed by atoms with Crippen LogP contribution in [0.15, 0.2) is 0 Å². The highest BCUT2D eigenvalue weighted by atomic mass is 16.5. The topological polar surface area (TPSA) is 67.6 Å². The molecular formula is C15H31N3O2. The van der Waals surface area contributed by atoms with Gasteiger partial charge in [-0.3, -0.25) is 9.69 Å². The lowest BCUT2D eigenvalue weighted by molar-refractivity contribution is -0.127. The number of nitrogens with one attached hydrogen (secondary N) is 1. The molecule has 0 radical (unpaired) electrons. The molecule has 5 heteroatoms. The second kappa shape index (κ2) is 10.1. The first-order chi connectivity index (χ1) is 9.69. The van der Waals surface area contributed by atoms with Gasteiger partial charge in [-0.05, 0) is 32.7 Å². The first-order valence-corrected chi connectivity index (χ1v) is 7.92. The predicted molar refractivity (Wildman–Crippen MR) is 81.6 cm³/mol. The average molecular weight is 285 g/mol. The first-order valence-electron chi connectivity index (χ1n) is 7.92. The van der Waals surface area contributed by atoms with Crippen LogP contribution < -0.4 is 11.1 Å². The van der Waals surface area contributed by atoms with E-state index in [0.717, 1.165) is 32.4 Å². The number of methoxy groups -OCH3 is 1. The molecule has 1 atom stereocenters. The van der Waals surface area contributed by atoms with E-state index in [0.29, 0.717) is 19.2 Å². The van der Waals surface area contributed by atoms with Crippen LogP contribution >= 0.6 is 0 Å². The molecule has 1 amide bonds. The molecule has 20 heavy (non-hydrogen) atoms. The van der Waals surface area contributed by atoms with Crippen molar-refractivity contribution in [3.63, 3.8) is 0 Å². The highest BCUT2D eigenvalue weighted by Gasteiger charge is 2.23. The monoisotopic (exact) mass is 285 g/mol. The molecule has 0 heterocycles. The van der Waals surface area contributed by atoms with E-state index < -0.39 is 0 Å². The van der Waals surface area contributed by atoms with Gasteiger partial charge in [-0.15, -0.1) is 0 Å². The van der Waals surface area contributed by atoms with Crippen LogP contribution in [-0.2, 0) is 9.53 Å². The summed E-state index contributed by atoms with van der Waals surface area (Å²) in [6.45, 7) is 4.89. The quantitative estimate of drug-likeness (QED) is 0.666. The summed E-state index contributed by atoms with van der Waals surface area (Å²) in [5.41, 5.74) is 5.57. The van der Waals surface area contributed by atoms with Gasteiger partial charge in [-0.2, -0.15) is 0 Å². The molecule has 1 rings (SSSR count). The molecule has 118 valence electrons. The van der Waals surface area contributed by atoms with Crippen LogP contribution in [0.4, 0.5) is 0 Å². The van der Waals surface area contributed by atoms with E-state index in [9.17, 15) is 4.79 Å². The van der Waals surface area contributed by atoms with Crippen molar-refractivity contribution in [3.05, 3.63) is 0 Å². The van der Waals surface area contributed by atoms with E-state index in [-0.39, 0.29) is 11.9 Å². The molecule has 1 fully saturated rings. The molecule has 0 spiro atoms. The minimum absolute atomic E-state index is 0.112. The zero-order valence-electron chi connectivity index (χ0n) is 13.1. The number of hydrogen-bond acceptors (Lipinski definition) is 4. The van der Waals surface area contributed by atoms with Crippen LogP contribution in [0.25, 0.3) is 0 Å². The second-order valence-corrected chi connectivity index (χ2v) is 5.69. The highest BCUT2D eigenvalue weighted by Crippen LogP contribution is 2.17. The van der Waals surface area contributed by atoms with Gasteiger partial charge in [-0.1, -0.05) is 19.3 Å². The van der Waals surface area contributed by atoms with Gasteiger partial charge in [0.15, 0.2) is 0 Å². The molecule has 1 unspecified atom stereocenters. The molecule has 0 aromatic heterocycles. The summed E-state index contributed by atoms with van der Waals surface area (Å²) < 4.78 is 5.13. The number of nitrogens with zero attached hydrogens (tertiary/aromatic N) is 1. The van der Waals surface area contributed by atoms with E-state index in [2.05, 4.69) is 10.2 Å². The fraction of sp³-hybridized carbons (Fsp3) is 0.933. The van der Waals surface area contributed by atoms with Crippen molar-refractivity contribution in [1.82, 2.24) is 10.2 Å². The molecule has 1 aliphatic carbocycles. The fourth-order valence-corrected chi connectivity index (χ4v) is 2.74. The van der Waals surface area contributed by atoms with Gasteiger partial charge in [0.25, 0.3) is 0 Å². The van der Waals surface area contributed by atoms with Gasteiger partial charge in [0.2, 0.25) is 5.91 Å². The normalized spacial score (nSPS) is 18.2. The number of carbonyl (C=O) groups excluding carboxylic acids is 1. The SMILES string of the molecule is COCCN(CCCN)C(C)C(=O)NC1CCCCC1. The number of hydrogen-bond donors (Lipinski definition) is 2. The number of nitrogens with two attached hydrogens (primary N) is 1. The number of rotatable bonds is 9. The van der Waals surface area contributed by atoms with Crippen LogP contribution in [0.3, 0.4) is 0 Å². The Kier molecular flexibility index (Phi) is 8.82. The Hall–Kier alpha value is -0.650. The minimum atomic E-state index is -0.112. The lowest BCUT2D eigenvalue weighted by Gasteiger charge is -2.30. The molecule has 0 aromatic carbocycles. The largest absolute Gasteiger partial charge is 0.383 e. The lowest BCUT2D eigenvalue weighted by atomic mass is 9.95. The highest BCUT2D eigenvalue weighted by molar-refractivity contribution is 5.81. The van der Waals surface area contributed by atoms with E-state index in [4.69, 9.17) is 10.5 Å². The van der Waals surface area contributed by atoms with Crippen molar-refractivity contribution >= 4 is 5.91 Å². The first kappa shape index (κ1) is 17.4. The third kappa shape index (κ3) is 6.20. The molecular weight excluding hydrogens is 254 g/mol. The second-order valence-electron chi connectivity index (χ2n) is 5.69. The Labute approximate surface area is 123 Å². The summed E-state index contributed by atoms with van der Waals surface area (Å²) in [4.78, 5) is 14.5.